The summed E-state index contributed by atoms with van der Waals surface area (Å²) in [6.07, 6.45) is 4.75. The zero-order chi connectivity index (χ0) is 6.69. The van der Waals surface area contributed by atoms with Gasteiger partial charge in [-0.25, -0.2) is 0 Å². The van der Waals surface area contributed by atoms with E-state index in [1.165, 1.54) is 5.17 Å². The molecule has 50 valence electrons. The second-order valence-corrected chi connectivity index (χ2v) is 1.84. The van der Waals surface area contributed by atoms with Gasteiger partial charge in [0.15, 0.2) is 0 Å². The summed E-state index contributed by atoms with van der Waals surface area (Å²) in [4.78, 5) is 4.27. The van der Waals surface area contributed by atoms with E-state index in [0.29, 0.717) is 5.03 Å². The van der Waals surface area contributed by atoms with Crippen molar-refractivity contribution >= 4 is 11.6 Å². The fourth-order valence-electron chi connectivity index (χ4n) is 0.421. The summed E-state index contributed by atoms with van der Waals surface area (Å²) in [5.74, 6) is 4.79. The zero-order valence-electron chi connectivity index (χ0n) is 4.54. The third kappa shape index (κ3) is 1.60. The number of allylic oxidation sites excluding steroid dienone is 2. The van der Waals surface area contributed by atoms with Gasteiger partial charge >= 0.3 is 0 Å². The second kappa shape index (κ2) is 2.72. The van der Waals surface area contributed by atoms with Crippen LogP contribution in [0.25, 0.3) is 0 Å². The molecule has 5 heteroatoms. The first kappa shape index (κ1) is 6.41. The maximum atomic E-state index is 5.53. The molecule has 0 saturated heterocycles. The molecule has 0 fully saturated rings. The van der Waals surface area contributed by atoms with Crippen molar-refractivity contribution in [1.29, 1.82) is 0 Å². The Hall–Kier alpha value is -0.710. The number of nitrogens with zero attached hydrogens (tertiary/aromatic N) is 1. The molecule has 4 nitrogen and oxygen atoms in total. The zero-order valence-corrected chi connectivity index (χ0v) is 5.30. The van der Waals surface area contributed by atoms with Gasteiger partial charge in [0.2, 0.25) is 0 Å². The van der Waals surface area contributed by atoms with E-state index in [9.17, 15) is 0 Å². The Labute approximate surface area is 57.4 Å². The highest BCUT2D eigenvalue weighted by Crippen LogP contribution is 2.05. The molecule has 0 radical (unpaired) electrons. The van der Waals surface area contributed by atoms with Gasteiger partial charge in [0, 0.05) is 6.20 Å². The Morgan fingerprint density at radius 3 is 3.00 bits per heavy atom. The Morgan fingerprint density at radius 2 is 2.56 bits per heavy atom. The molecule has 9 heavy (non-hydrogen) atoms. The molecule has 0 aromatic heterocycles. The van der Waals surface area contributed by atoms with Crippen molar-refractivity contribution in [1.82, 2.24) is 10.6 Å². The summed E-state index contributed by atoms with van der Waals surface area (Å²) >= 11 is 5.53. The van der Waals surface area contributed by atoms with Gasteiger partial charge < -0.3 is 0 Å². The summed E-state index contributed by atoms with van der Waals surface area (Å²) in [5.41, 5.74) is 2.62. The molecule has 0 atom stereocenters. The average molecular weight is 148 g/mol. The minimum atomic E-state index is 0.600. The van der Waals surface area contributed by atoms with E-state index in [0.717, 1.165) is 0 Å². The number of hydrogen-bond donors (Lipinski definition) is 2. The lowest BCUT2D eigenvalue weighted by Crippen LogP contribution is -2.33. The topological polar surface area (TPSA) is 50.5 Å². The smallest absolute Gasteiger partial charge is 0.0598 e. The summed E-state index contributed by atoms with van der Waals surface area (Å²) in [6, 6.07) is 0. The molecule has 0 amide bonds. The second-order valence-electron chi connectivity index (χ2n) is 1.41. The molecule has 1 rings (SSSR count). The number of hydroxylamine groups is 1. The molecular formula is C4H6ClN3O. The van der Waals surface area contributed by atoms with E-state index in [1.54, 1.807) is 18.5 Å². The van der Waals surface area contributed by atoms with E-state index in [1.807, 2.05) is 0 Å². The van der Waals surface area contributed by atoms with E-state index >= 15 is 0 Å². The summed E-state index contributed by atoms with van der Waals surface area (Å²) < 4.78 is 0. The van der Waals surface area contributed by atoms with Crippen LogP contribution in [-0.4, -0.2) is 5.17 Å². The van der Waals surface area contributed by atoms with Crippen LogP contribution in [0.2, 0.25) is 0 Å². The van der Waals surface area contributed by atoms with Crippen molar-refractivity contribution in [3.05, 3.63) is 23.5 Å². The molecule has 1 aliphatic rings. The third-order valence-corrected chi connectivity index (χ3v) is 1.05. The van der Waals surface area contributed by atoms with E-state index in [-0.39, 0.29) is 0 Å². The molecule has 0 aromatic carbocycles. The fraction of sp³-hybridized carbons (Fsp3) is 0. The van der Waals surface area contributed by atoms with E-state index in [2.05, 4.69) is 10.4 Å². The van der Waals surface area contributed by atoms with Crippen LogP contribution >= 0.6 is 11.6 Å². The van der Waals surface area contributed by atoms with Crippen LogP contribution in [0.5, 0.6) is 0 Å². The Bertz CT molecular complexity index is 156. The average Bonchev–Trinajstić information content (AvgIpc) is 1.90. The van der Waals surface area contributed by atoms with Crippen LogP contribution < -0.4 is 11.3 Å². The van der Waals surface area contributed by atoms with E-state index in [4.69, 9.17) is 17.5 Å². The van der Waals surface area contributed by atoms with Crippen molar-refractivity contribution in [2.75, 3.05) is 0 Å². The molecule has 0 unspecified atom stereocenters. The van der Waals surface area contributed by atoms with Crippen molar-refractivity contribution in [3.63, 3.8) is 0 Å². The highest BCUT2D eigenvalue weighted by Gasteiger charge is 1.98. The molecule has 1 aliphatic heterocycles. The number of hydrazine groups is 1. The first-order chi connectivity index (χ1) is 4.33. The van der Waals surface area contributed by atoms with Gasteiger partial charge in [0.1, 0.15) is 0 Å². The lowest BCUT2D eigenvalue weighted by Gasteiger charge is -2.17. The minimum absolute atomic E-state index is 0.600. The van der Waals surface area contributed by atoms with Crippen molar-refractivity contribution in [3.8, 4) is 0 Å². The summed E-state index contributed by atoms with van der Waals surface area (Å²) in [6.45, 7) is 0. The Balaban J connectivity index is 2.48. The normalized spacial score (nSPS) is 17.1. The fourth-order valence-corrected chi connectivity index (χ4v) is 0.526. The van der Waals surface area contributed by atoms with E-state index < -0.39 is 0 Å². The number of hydrogen-bond acceptors (Lipinski definition) is 4. The van der Waals surface area contributed by atoms with Crippen molar-refractivity contribution < 1.29 is 4.94 Å². The predicted octanol–water partition coefficient (Wildman–Crippen LogP) is 0.206. The van der Waals surface area contributed by atoms with Crippen LogP contribution in [0.4, 0.5) is 0 Å². The SMILES string of the molecule is NON1C=CC(Cl)=CN1. The van der Waals surface area contributed by atoms with Gasteiger partial charge in [0.05, 0.1) is 11.2 Å². The highest BCUT2D eigenvalue weighted by atomic mass is 35.5. The molecule has 0 aliphatic carbocycles. The number of rotatable bonds is 1. The van der Waals surface area contributed by atoms with Crippen LogP contribution in [-0.2, 0) is 4.94 Å². The molecule has 0 spiro atoms. The van der Waals surface area contributed by atoms with Gasteiger partial charge in [-0.05, 0) is 6.08 Å². The molecule has 0 saturated carbocycles. The van der Waals surface area contributed by atoms with Crippen LogP contribution in [0.3, 0.4) is 0 Å². The maximum absolute atomic E-state index is 5.53. The molecule has 0 bridgehead atoms. The number of nitrogens with one attached hydrogen (secondary N) is 1. The summed E-state index contributed by atoms with van der Waals surface area (Å²) in [5, 5.41) is 1.81. The number of nitrogens with two attached hydrogens (primary N) is 1. The minimum Gasteiger partial charge on any atom is -0.279 e. The lowest BCUT2D eigenvalue weighted by atomic mass is 10.5. The van der Waals surface area contributed by atoms with Crippen LogP contribution in [0.1, 0.15) is 0 Å². The molecular weight excluding hydrogens is 142 g/mol. The van der Waals surface area contributed by atoms with Crippen LogP contribution in [0.15, 0.2) is 23.5 Å². The third-order valence-electron chi connectivity index (χ3n) is 0.812. The van der Waals surface area contributed by atoms with Crippen molar-refractivity contribution in [2.45, 2.75) is 0 Å². The lowest BCUT2D eigenvalue weighted by molar-refractivity contribution is -0.152. The molecule has 0 aromatic rings. The Morgan fingerprint density at radius 1 is 1.78 bits per heavy atom. The maximum Gasteiger partial charge on any atom is 0.0598 e. The van der Waals surface area contributed by atoms with Gasteiger partial charge in [0.25, 0.3) is 0 Å². The largest absolute Gasteiger partial charge is 0.279 e. The first-order valence-electron chi connectivity index (χ1n) is 2.29. The van der Waals surface area contributed by atoms with Gasteiger partial charge in [-0.3, -0.25) is 5.43 Å². The number of halogens is 1. The van der Waals surface area contributed by atoms with Gasteiger partial charge in [-0.1, -0.05) is 11.6 Å². The first-order valence-corrected chi connectivity index (χ1v) is 2.67. The summed E-state index contributed by atoms with van der Waals surface area (Å²) in [7, 11) is 0. The predicted molar refractivity (Wildman–Crippen MR) is 33.3 cm³/mol. The molecule has 3 N–H and O–H groups in total. The van der Waals surface area contributed by atoms with Gasteiger partial charge in [-0.15, -0.1) is 0 Å². The monoisotopic (exact) mass is 147 g/mol. The van der Waals surface area contributed by atoms with Gasteiger partial charge in [-0.2, -0.15) is 16.0 Å². The quantitative estimate of drug-likeness (QED) is 0.521. The molecule has 1 heterocycles. The Kier molecular flexibility index (Phi) is 1.94. The highest BCUT2D eigenvalue weighted by molar-refractivity contribution is 6.31. The standard InChI is InChI=1S/C4H6ClN3O/c5-4-1-2-8(9-6)7-3-4/h1-3,7H,6H2. The van der Waals surface area contributed by atoms with Crippen LogP contribution in [0, 0.1) is 0 Å². The van der Waals surface area contributed by atoms with Crippen molar-refractivity contribution in [2.24, 2.45) is 5.90 Å².